The topological polar surface area (TPSA) is 64.7 Å². The van der Waals surface area contributed by atoms with Gasteiger partial charge in [-0.25, -0.2) is 15.0 Å². The molecule has 4 nitrogen and oxygen atoms in total. The van der Waals surface area contributed by atoms with Crippen molar-refractivity contribution in [2.45, 2.75) is 0 Å². The van der Waals surface area contributed by atoms with E-state index in [1.165, 1.54) is 11.3 Å². The van der Waals surface area contributed by atoms with Crippen LogP contribution in [0.25, 0.3) is 21.0 Å². The van der Waals surface area contributed by atoms with Gasteiger partial charge in [0.15, 0.2) is 10.5 Å². The SMILES string of the molecule is Nc1ccc(Br)c(-c2nc3nccnc3s2)c1. The summed E-state index contributed by atoms with van der Waals surface area (Å²) in [5, 5.41) is 0.866. The van der Waals surface area contributed by atoms with Crippen LogP contribution >= 0.6 is 27.3 Å². The zero-order chi connectivity index (χ0) is 11.8. The van der Waals surface area contributed by atoms with E-state index in [0.29, 0.717) is 11.3 Å². The molecule has 0 unspecified atom stereocenters. The summed E-state index contributed by atoms with van der Waals surface area (Å²) >= 11 is 5.00. The van der Waals surface area contributed by atoms with Crippen LogP contribution < -0.4 is 5.73 Å². The molecule has 0 fully saturated rings. The Morgan fingerprint density at radius 1 is 1.18 bits per heavy atom. The van der Waals surface area contributed by atoms with Crippen LogP contribution in [-0.4, -0.2) is 15.0 Å². The molecule has 1 aromatic carbocycles. The molecule has 0 aliphatic rings. The molecule has 6 heteroatoms. The number of nitrogen functional groups attached to an aromatic ring is 1. The van der Waals surface area contributed by atoms with Gasteiger partial charge < -0.3 is 5.73 Å². The molecule has 2 N–H and O–H groups in total. The Morgan fingerprint density at radius 2 is 2.00 bits per heavy atom. The van der Waals surface area contributed by atoms with Gasteiger partial charge in [0, 0.05) is 28.1 Å². The molecule has 84 valence electrons. The van der Waals surface area contributed by atoms with E-state index >= 15 is 0 Å². The first-order chi connectivity index (χ1) is 8.24. The number of hydrogen-bond acceptors (Lipinski definition) is 5. The Kier molecular flexibility index (Phi) is 2.53. The number of thiazole rings is 1. The normalized spacial score (nSPS) is 10.9. The summed E-state index contributed by atoms with van der Waals surface area (Å²) in [5.74, 6) is 0. The maximum atomic E-state index is 5.78. The fourth-order valence-electron chi connectivity index (χ4n) is 1.50. The Morgan fingerprint density at radius 3 is 2.82 bits per heavy atom. The number of halogens is 1. The van der Waals surface area contributed by atoms with Crippen molar-refractivity contribution in [3.05, 3.63) is 35.1 Å². The first-order valence-corrected chi connectivity index (χ1v) is 6.48. The van der Waals surface area contributed by atoms with E-state index in [9.17, 15) is 0 Å². The predicted octanol–water partition coefficient (Wildman–Crippen LogP) is 3.10. The van der Waals surface area contributed by atoms with E-state index in [0.717, 1.165) is 19.9 Å². The predicted molar refractivity (Wildman–Crippen MR) is 72.8 cm³/mol. The van der Waals surface area contributed by atoms with E-state index < -0.39 is 0 Å². The fraction of sp³-hybridized carbons (Fsp3) is 0. The van der Waals surface area contributed by atoms with Crippen molar-refractivity contribution < 1.29 is 0 Å². The van der Waals surface area contributed by atoms with E-state index in [2.05, 4.69) is 30.9 Å². The van der Waals surface area contributed by atoms with Crippen LogP contribution in [0.4, 0.5) is 5.69 Å². The summed E-state index contributed by atoms with van der Waals surface area (Å²) in [7, 11) is 0. The van der Waals surface area contributed by atoms with Crippen LogP contribution in [0, 0.1) is 0 Å². The van der Waals surface area contributed by atoms with Crippen LogP contribution in [0.15, 0.2) is 35.1 Å². The van der Waals surface area contributed by atoms with E-state index in [-0.39, 0.29) is 0 Å². The van der Waals surface area contributed by atoms with Gasteiger partial charge in [-0.1, -0.05) is 27.3 Å². The fourth-order valence-corrected chi connectivity index (χ4v) is 2.96. The number of rotatable bonds is 1. The molecule has 3 aromatic rings. The zero-order valence-corrected chi connectivity index (χ0v) is 11.0. The van der Waals surface area contributed by atoms with Crippen molar-refractivity contribution in [2.75, 3.05) is 5.73 Å². The minimum atomic E-state index is 0.668. The molecule has 0 saturated heterocycles. The van der Waals surface area contributed by atoms with Gasteiger partial charge in [-0.2, -0.15) is 0 Å². The maximum absolute atomic E-state index is 5.78. The van der Waals surface area contributed by atoms with Gasteiger partial charge in [0.2, 0.25) is 0 Å². The minimum Gasteiger partial charge on any atom is -0.399 e. The molecule has 0 amide bonds. The third-order valence-corrected chi connectivity index (χ3v) is 3.95. The number of anilines is 1. The highest BCUT2D eigenvalue weighted by Crippen LogP contribution is 2.34. The number of fused-ring (bicyclic) bond motifs is 1. The van der Waals surface area contributed by atoms with Crippen molar-refractivity contribution in [1.82, 2.24) is 15.0 Å². The summed E-state index contributed by atoms with van der Waals surface area (Å²) in [4.78, 5) is 13.7. The summed E-state index contributed by atoms with van der Waals surface area (Å²) in [6.45, 7) is 0. The molecule has 0 spiro atoms. The average molecular weight is 307 g/mol. The Labute approximate surface area is 110 Å². The second-order valence-corrected chi connectivity index (χ2v) is 5.28. The number of benzene rings is 1. The molecule has 2 heterocycles. The molecule has 0 atom stereocenters. The Bertz CT molecular complexity index is 662. The second kappa shape index (κ2) is 4.05. The molecule has 17 heavy (non-hydrogen) atoms. The highest BCUT2D eigenvalue weighted by Gasteiger charge is 2.10. The standard InChI is InChI=1S/C11H7BrN4S/c12-8-2-1-6(13)5-7(8)10-16-9-11(17-10)15-4-3-14-9/h1-5H,13H2. The third-order valence-electron chi connectivity index (χ3n) is 2.27. The van der Waals surface area contributed by atoms with Crippen molar-refractivity contribution in [1.29, 1.82) is 0 Å². The Balaban J connectivity index is 2.23. The molecule has 2 aromatic heterocycles. The summed E-state index contributed by atoms with van der Waals surface area (Å²) in [6, 6.07) is 5.65. The number of nitrogens with two attached hydrogens (primary N) is 1. The highest BCUT2D eigenvalue weighted by atomic mass is 79.9. The second-order valence-electron chi connectivity index (χ2n) is 3.44. The van der Waals surface area contributed by atoms with Crippen LogP contribution in [0.1, 0.15) is 0 Å². The maximum Gasteiger partial charge on any atom is 0.190 e. The van der Waals surface area contributed by atoms with Gasteiger partial charge in [-0.3, -0.25) is 0 Å². The van der Waals surface area contributed by atoms with Gasteiger partial charge in [0.1, 0.15) is 5.01 Å². The lowest BCUT2D eigenvalue weighted by Crippen LogP contribution is -1.86. The van der Waals surface area contributed by atoms with Gasteiger partial charge in [-0.15, -0.1) is 0 Å². The summed E-state index contributed by atoms with van der Waals surface area (Å²) in [5.41, 5.74) is 8.13. The van der Waals surface area contributed by atoms with Crippen molar-refractivity contribution >= 4 is 43.4 Å². The van der Waals surface area contributed by atoms with Crippen LogP contribution in [0.3, 0.4) is 0 Å². The molecular weight excluding hydrogens is 300 g/mol. The van der Waals surface area contributed by atoms with E-state index in [1.807, 2.05) is 18.2 Å². The van der Waals surface area contributed by atoms with Gasteiger partial charge in [-0.05, 0) is 18.2 Å². The monoisotopic (exact) mass is 306 g/mol. The first-order valence-electron chi connectivity index (χ1n) is 4.87. The molecule has 3 rings (SSSR count). The van der Waals surface area contributed by atoms with Gasteiger partial charge in [0.05, 0.1) is 0 Å². The minimum absolute atomic E-state index is 0.668. The smallest absolute Gasteiger partial charge is 0.190 e. The lowest BCUT2D eigenvalue weighted by atomic mass is 10.2. The molecule has 0 saturated carbocycles. The van der Waals surface area contributed by atoms with Crippen LogP contribution in [-0.2, 0) is 0 Å². The first kappa shape index (κ1) is 10.6. The molecule has 0 bridgehead atoms. The largest absolute Gasteiger partial charge is 0.399 e. The number of aromatic nitrogens is 3. The van der Waals surface area contributed by atoms with Gasteiger partial charge in [0.25, 0.3) is 0 Å². The zero-order valence-electron chi connectivity index (χ0n) is 8.59. The van der Waals surface area contributed by atoms with Crippen LogP contribution in [0.5, 0.6) is 0 Å². The van der Waals surface area contributed by atoms with Crippen molar-refractivity contribution in [3.63, 3.8) is 0 Å². The Hall–Kier alpha value is -1.53. The quantitative estimate of drug-likeness (QED) is 0.702. The van der Waals surface area contributed by atoms with Crippen molar-refractivity contribution in [3.8, 4) is 10.6 Å². The van der Waals surface area contributed by atoms with Crippen molar-refractivity contribution in [2.24, 2.45) is 0 Å². The lowest BCUT2D eigenvalue weighted by Gasteiger charge is -2.01. The number of hydrogen-bond donors (Lipinski definition) is 1. The molecule has 0 aliphatic heterocycles. The number of nitrogens with zero attached hydrogens (tertiary/aromatic N) is 3. The van der Waals surface area contributed by atoms with E-state index in [4.69, 9.17) is 5.73 Å². The molecular formula is C11H7BrN4S. The molecule has 0 radical (unpaired) electrons. The van der Waals surface area contributed by atoms with E-state index in [1.54, 1.807) is 12.4 Å². The summed E-state index contributed by atoms with van der Waals surface area (Å²) in [6.07, 6.45) is 3.30. The third kappa shape index (κ3) is 1.89. The van der Waals surface area contributed by atoms with Gasteiger partial charge >= 0.3 is 0 Å². The van der Waals surface area contributed by atoms with Crippen LogP contribution in [0.2, 0.25) is 0 Å². The lowest BCUT2D eigenvalue weighted by molar-refractivity contribution is 1.26. The average Bonchev–Trinajstić information content (AvgIpc) is 2.75. The summed E-state index contributed by atoms with van der Waals surface area (Å²) < 4.78 is 0.964. The highest BCUT2D eigenvalue weighted by molar-refractivity contribution is 9.10. The molecule has 0 aliphatic carbocycles.